The number of aromatic nitrogens is 1. The van der Waals surface area contributed by atoms with Gasteiger partial charge in [-0.2, -0.15) is 0 Å². The van der Waals surface area contributed by atoms with Crippen LogP contribution in [0.2, 0.25) is 0 Å². The van der Waals surface area contributed by atoms with Gasteiger partial charge in [0.25, 0.3) is 0 Å². The van der Waals surface area contributed by atoms with Gasteiger partial charge in [0.15, 0.2) is 0 Å². The highest BCUT2D eigenvalue weighted by atomic mass is 16.5. The van der Waals surface area contributed by atoms with Crippen molar-refractivity contribution in [2.45, 2.75) is 95.2 Å². The third-order valence-corrected chi connectivity index (χ3v) is 10.7. The summed E-state index contributed by atoms with van der Waals surface area (Å²) in [4.78, 5) is 63.5. The summed E-state index contributed by atoms with van der Waals surface area (Å²) in [6.45, 7) is 3.17. The smallest absolute Gasteiger partial charge is 0.243 e. The van der Waals surface area contributed by atoms with Gasteiger partial charge in [0.2, 0.25) is 23.6 Å². The first-order valence-corrected chi connectivity index (χ1v) is 18.7. The van der Waals surface area contributed by atoms with E-state index in [2.05, 4.69) is 5.32 Å². The van der Waals surface area contributed by atoms with Gasteiger partial charge in [-0.25, -0.2) is 4.98 Å². The molecule has 2 saturated heterocycles. The van der Waals surface area contributed by atoms with Crippen LogP contribution in [-0.2, 0) is 19.2 Å². The summed E-state index contributed by atoms with van der Waals surface area (Å²) in [6, 6.07) is 16.3. The predicted octanol–water partition coefficient (Wildman–Crippen LogP) is 5.55. The van der Waals surface area contributed by atoms with E-state index >= 15 is 0 Å². The van der Waals surface area contributed by atoms with Crippen molar-refractivity contribution in [1.29, 1.82) is 0 Å². The van der Waals surface area contributed by atoms with Crippen LogP contribution in [0.5, 0.6) is 11.5 Å². The van der Waals surface area contributed by atoms with Crippen LogP contribution in [0.4, 0.5) is 0 Å². The molecule has 0 aliphatic carbocycles. The molecule has 11 heteroatoms. The molecule has 11 nitrogen and oxygen atoms in total. The number of piperidine rings is 1. The lowest BCUT2D eigenvalue weighted by atomic mass is 9.94. The van der Waals surface area contributed by atoms with Gasteiger partial charge in [0, 0.05) is 54.9 Å². The molecule has 0 saturated carbocycles. The first-order chi connectivity index (χ1) is 25.1. The lowest BCUT2D eigenvalue weighted by Crippen LogP contribution is -2.59. The number of hydrogen-bond donors (Lipinski definition) is 2. The van der Waals surface area contributed by atoms with Crippen LogP contribution in [0.1, 0.15) is 77.6 Å². The van der Waals surface area contributed by atoms with E-state index < -0.39 is 35.4 Å². The summed E-state index contributed by atoms with van der Waals surface area (Å²) < 4.78 is 12.2. The Bertz CT molecular complexity index is 1790. The highest BCUT2D eigenvalue weighted by Gasteiger charge is 2.45. The summed E-state index contributed by atoms with van der Waals surface area (Å²) in [5.41, 5.74) is 6.80. The van der Waals surface area contributed by atoms with E-state index in [1.165, 1.54) is 0 Å². The van der Waals surface area contributed by atoms with Crippen LogP contribution in [-0.4, -0.2) is 82.8 Å². The summed E-state index contributed by atoms with van der Waals surface area (Å²) in [7, 11) is 1.61. The maximum Gasteiger partial charge on any atom is 0.243 e. The first-order valence-electron chi connectivity index (χ1n) is 18.7. The number of carbonyl (C=O) groups is 4. The number of allylic oxidation sites excluding steroid dienone is 1. The minimum absolute atomic E-state index is 0.0136. The van der Waals surface area contributed by atoms with E-state index in [9.17, 15) is 19.2 Å². The summed E-state index contributed by atoms with van der Waals surface area (Å²) in [5.74, 6) is -0.737. The molecule has 0 spiro atoms. The number of nitrogens with one attached hydrogen (secondary N) is 1. The zero-order valence-electron chi connectivity index (χ0n) is 30.4. The van der Waals surface area contributed by atoms with Crippen LogP contribution in [0.25, 0.3) is 22.2 Å². The number of pyridine rings is 1. The van der Waals surface area contributed by atoms with Gasteiger partial charge < -0.3 is 30.3 Å². The summed E-state index contributed by atoms with van der Waals surface area (Å²) in [6.07, 6.45) is 10.9. The number of benzene rings is 2. The standard InChI is InChI=1S/C41H51N5O6/c1-41(40(42)50)20-12-6-4-3-5-9-17-29(23-37(47)45-21-13-8-14-22-45)39(49)46-27-31(25-35(46)38(48)44-41)52-36-26-33(28-15-10-7-11-16-28)43-34-24-30(51-2)18-19-32(34)36/h6-7,10-12,15-16,18-19,24,26,29,31,35H,3-5,8-9,13-14,17,20-23,25,27H2,1-2H3,(H2,42,50)(H,44,48)/b12-6-/t29-,31-,35+,41+/m1/s1. The van der Waals surface area contributed by atoms with Crippen molar-refractivity contribution < 1.29 is 28.7 Å². The molecule has 3 aliphatic heterocycles. The second-order valence-corrected chi connectivity index (χ2v) is 14.6. The first kappa shape index (κ1) is 36.8. The van der Waals surface area contributed by atoms with Crippen molar-refractivity contribution >= 4 is 34.5 Å². The minimum Gasteiger partial charge on any atom is -0.497 e. The monoisotopic (exact) mass is 709 g/mol. The van der Waals surface area contributed by atoms with Gasteiger partial charge in [-0.3, -0.25) is 19.2 Å². The van der Waals surface area contributed by atoms with E-state index in [0.29, 0.717) is 42.2 Å². The number of methoxy groups -OCH3 is 1. The largest absolute Gasteiger partial charge is 0.497 e. The number of ether oxygens (including phenoxy) is 2. The molecule has 0 unspecified atom stereocenters. The topological polar surface area (TPSA) is 144 Å². The molecular weight excluding hydrogens is 658 g/mol. The summed E-state index contributed by atoms with van der Waals surface area (Å²) in [5, 5.41) is 3.67. The van der Waals surface area contributed by atoms with Crippen LogP contribution >= 0.6 is 0 Å². The Hall–Kier alpha value is -4.93. The molecule has 3 aromatic rings. The molecule has 6 rings (SSSR count). The van der Waals surface area contributed by atoms with Crippen molar-refractivity contribution in [3.8, 4) is 22.8 Å². The van der Waals surface area contributed by atoms with E-state index in [0.717, 1.165) is 55.9 Å². The highest BCUT2D eigenvalue weighted by Crippen LogP contribution is 2.35. The van der Waals surface area contributed by atoms with E-state index in [1.54, 1.807) is 18.9 Å². The fourth-order valence-corrected chi connectivity index (χ4v) is 7.58. The van der Waals surface area contributed by atoms with Crippen molar-refractivity contribution in [1.82, 2.24) is 20.1 Å². The van der Waals surface area contributed by atoms with Crippen molar-refractivity contribution in [2.75, 3.05) is 26.7 Å². The van der Waals surface area contributed by atoms with Gasteiger partial charge in [-0.05, 0) is 64.0 Å². The second kappa shape index (κ2) is 16.6. The molecular formula is C41H51N5O6. The Morgan fingerprint density at radius 1 is 0.981 bits per heavy atom. The number of nitrogens with two attached hydrogens (primary N) is 1. The zero-order valence-corrected chi connectivity index (χ0v) is 30.4. The number of primary amides is 1. The average molecular weight is 710 g/mol. The van der Waals surface area contributed by atoms with Crippen LogP contribution in [0.15, 0.2) is 66.7 Å². The van der Waals surface area contributed by atoms with Gasteiger partial charge in [-0.15, -0.1) is 0 Å². The molecule has 0 bridgehead atoms. The normalized spacial score (nSPS) is 25.4. The molecule has 52 heavy (non-hydrogen) atoms. The SMILES string of the molecule is COc1ccc2c(O[C@@H]3C[C@H]4C(=O)N[C@](C)(C(N)=O)C/C=C\CCCCC[C@H](CC(=O)N5CCCCC5)C(=O)N4C3)cc(-c3ccccc3)nc2c1. The molecule has 2 aromatic carbocycles. The zero-order chi connectivity index (χ0) is 36.7. The number of rotatable bonds is 7. The third-order valence-electron chi connectivity index (χ3n) is 10.7. The quantitative estimate of drug-likeness (QED) is 0.306. The van der Waals surface area contributed by atoms with Crippen molar-refractivity contribution in [3.63, 3.8) is 0 Å². The summed E-state index contributed by atoms with van der Waals surface area (Å²) >= 11 is 0. The Balaban J connectivity index is 1.34. The molecule has 4 atom stereocenters. The van der Waals surface area contributed by atoms with Crippen LogP contribution in [0, 0.1) is 5.92 Å². The number of carbonyl (C=O) groups excluding carboxylic acids is 4. The van der Waals surface area contributed by atoms with Crippen molar-refractivity contribution in [3.05, 3.63) is 66.7 Å². The number of nitrogens with zero attached hydrogens (tertiary/aromatic N) is 3. The minimum atomic E-state index is -1.35. The lowest BCUT2D eigenvalue weighted by molar-refractivity contribution is -0.146. The maximum atomic E-state index is 14.6. The fraction of sp³-hybridized carbons (Fsp3) is 0.488. The average Bonchev–Trinajstić information content (AvgIpc) is 3.58. The van der Waals surface area contributed by atoms with E-state index in [1.807, 2.05) is 71.6 Å². The molecule has 4 amide bonds. The fourth-order valence-electron chi connectivity index (χ4n) is 7.58. The highest BCUT2D eigenvalue weighted by molar-refractivity contribution is 5.95. The molecule has 1 aromatic heterocycles. The van der Waals surface area contributed by atoms with Gasteiger partial charge in [0.1, 0.15) is 29.2 Å². The predicted molar refractivity (Wildman–Crippen MR) is 199 cm³/mol. The second-order valence-electron chi connectivity index (χ2n) is 14.6. The molecule has 3 aliphatic rings. The number of likely N-dealkylation sites (tertiary alicyclic amines) is 1. The molecule has 0 radical (unpaired) electrons. The number of fused-ring (bicyclic) bond motifs is 2. The van der Waals surface area contributed by atoms with Gasteiger partial charge in [0.05, 0.1) is 24.9 Å². The van der Waals surface area contributed by atoms with Gasteiger partial charge >= 0.3 is 0 Å². The Kier molecular flexibility index (Phi) is 11.8. The molecule has 2 fully saturated rings. The Morgan fingerprint density at radius 3 is 2.50 bits per heavy atom. The van der Waals surface area contributed by atoms with Crippen LogP contribution < -0.4 is 20.5 Å². The third kappa shape index (κ3) is 8.57. The van der Waals surface area contributed by atoms with Gasteiger partial charge in [-0.1, -0.05) is 55.3 Å². The molecule has 3 N–H and O–H groups in total. The number of hydrogen-bond acceptors (Lipinski definition) is 7. The van der Waals surface area contributed by atoms with E-state index in [4.69, 9.17) is 20.2 Å². The van der Waals surface area contributed by atoms with Crippen molar-refractivity contribution in [2.24, 2.45) is 11.7 Å². The Morgan fingerprint density at radius 2 is 1.75 bits per heavy atom. The maximum absolute atomic E-state index is 14.6. The van der Waals surface area contributed by atoms with Crippen LogP contribution in [0.3, 0.4) is 0 Å². The number of amides is 4. The Labute approximate surface area is 305 Å². The molecule has 276 valence electrons. The van der Waals surface area contributed by atoms with E-state index in [-0.39, 0.29) is 37.6 Å². The lowest BCUT2D eigenvalue weighted by Gasteiger charge is -2.33. The molecule has 4 heterocycles.